The number of nitrogens with zero attached hydrogens (tertiary/aromatic N) is 5. The average molecular weight is 763 g/mol. The van der Waals surface area contributed by atoms with Crippen molar-refractivity contribution in [2.45, 2.75) is 84.0 Å². The van der Waals surface area contributed by atoms with E-state index in [0.29, 0.717) is 25.3 Å². The van der Waals surface area contributed by atoms with Gasteiger partial charge in [-0.25, -0.2) is 19.6 Å². The van der Waals surface area contributed by atoms with Crippen molar-refractivity contribution >= 4 is 57.1 Å². The number of alkyl carbamates (subject to hydrolysis) is 2. The van der Waals surface area contributed by atoms with Crippen molar-refractivity contribution in [2.75, 3.05) is 27.3 Å². The summed E-state index contributed by atoms with van der Waals surface area (Å²) >= 11 is 0. The van der Waals surface area contributed by atoms with E-state index >= 15 is 0 Å². The van der Waals surface area contributed by atoms with Crippen LogP contribution in [0, 0.1) is 11.8 Å². The number of pyridine rings is 1. The number of benzene rings is 2. The normalized spacial score (nSPS) is 19.4. The third-order valence-corrected chi connectivity index (χ3v) is 11.2. The Morgan fingerprint density at radius 2 is 1.39 bits per heavy atom. The Kier molecular flexibility index (Phi) is 11.1. The second-order valence-electron chi connectivity index (χ2n) is 15.5. The molecule has 0 spiro atoms. The summed E-state index contributed by atoms with van der Waals surface area (Å²) in [5.74, 6) is 0.253. The fraction of sp³-hybridized carbons (Fsp3) is 0.452. The highest BCUT2D eigenvalue weighted by molar-refractivity contribution is 6.05. The van der Waals surface area contributed by atoms with Crippen LogP contribution in [0.2, 0.25) is 0 Å². The van der Waals surface area contributed by atoms with E-state index in [2.05, 4.69) is 45.9 Å². The number of methoxy groups -OCH3 is 2. The summed E-state index contributed by atoms with van der Waals surface area (Å²) in [6, 6.07) is 12.8. The summed E-state index contributed by atoms with van der Waals surface area (Å²) in [6.45, 7) is 8.83. The minimum Gasteiger partial charge on any atom is -0.453 e. The lowest BCUT2D eigenvalue weighted by molar-refractivity contribution is -0.135. The standard InChI is InChI=1S/C42H50N8O6/c1-23(2)36(47-41(53)55-5)39(51)49-15-7-9-34(49)32-20-29(21-43-32)25-11-12-26-17-28-18-27(13-14-30(28)45-31(26)19-25)33-22-44-38(46-33)35-10-8-16-50(35)40(52)37(24(3)4)48-42(54)56-6/h11-14,17-19,21-24,34-37H,7-10,15-16,20H2,1-6H3,(H,44,46)(H,47,53)(H,48,54)/t34-,35-,36-,37-/m0/s1. The highest BCUT2D eigenvalue weighted by Gasteiger charge is 2.39. The molecular formula is C42H50N8O6. The second kappa shape index (κ2) is 16.1. The zero-order valence-electron chi connectivity index (χ0n) is 32.8. The molecule has 7 rings (SSSR count). The number of aromatic amines is 1. The molecule has 0 unspecified atom stereocenters. The Balaban J connectivity index is 1.04. The number of hydrogen-bond acceptors (Lipinski definition) is 9. The van der Waals surface area contributed by atoms with Gasteiger partial charge in [-0.2, -0.15) is 0 Å². The van der Waals surface area contributed by atoms with E-state index in [-0.39, 0.29) is 35.7 Å². The van der Waals surface area contributed by atoms with Gasteiger partial charge >= 0.3 is 12.2 Å². The van der Waals surface area contributed by atoms with Crippen LogP contribution < -0.4 is 10.6 Å². The first-order valence-electron chi connectivity index (χ1n) is 19.4. The van der Waals surface area contributed by atoms with E-state index in [4.69, 9.17) is 24.4 Å². The first-order valence-corrected chi connectivity index (χ1v) is 19.4. The molecule has 0 radical (unpaired) electrons. The van der Waals surface area contributed by atoms with Crippen LogP contribution in [0.3, 0.4) is 0 Å². The second-order valence-corrected chi connectivity index (χ2v) is 15.5. The number of H-pyrrole nitrogens is 1. The quantitative estimate of drug-likeness (QED) is 0.156. The number of aromatic nitrogens is 3. The van der Waals surface area contributed by atoms with Crippen molar-refractivity contribution in [3.63, 3.8) is 0 Å². The molecule has 294 valence electrons. The average Bonchev–Trinajstić information content (AvgIpc) is 4.03. The summed E-state index contributed by atoms with van der Waals surface area (Å²) in [7, 11) is 2.59. The zero-order valence-corrected chi connectivity index (χ0v) is 32.8. The summed E-state index contributed by atoms with van der Waals surface area (Å²) < 4.78 is 9.54. The molecule has 3 aliphatic heterocycles. The molecule has 2 saturated heterocycles. The van der Waals surface area contributed by atoms with Crippen molar-refractivity contribution in [3.8, 4) is 11.3 Å². The molecule has 2 aromatic carbocycles. The van der Waals surface area contributed by atoms with E-state index in [0.717, 1.165) is 75.6 Å². The topological polar surface area (TPSA) is 171 Å². The molecule has 0 aliphatic carbocycles. The maximum Gasteiger partial charge on any atom is 0.407 e. The van der Waals surface area contributed by atoms with Gasteiger partial charge in [-0.05, 0) is 72.9 Å². The van der Waals surface area contributed by atoms with Gasteiger partial charge in [-0.3, -0.25) is 14.6 Å². The van der Waals surface area contributed by atoms with Gasteiger partial charge in [0.1, 0.15) is 17.9 Å². The van der Waals surface area contributed by atoms with E-state index in [1.54, 1.807) is 6.20 Å². The molecular weight excluding hydrogens is 713 g/mol. The predicted molar refractivity (Wildman–Crippen MR) is 214 cm³/mol. The van der Waals surface area contributed by atoms with Crippen LogP contribution in [0.4, 0.5) is 9.59 Å². The summed E-state index contributed by atoms with van der Waals surface area (Å²) in [5, 5.41) is 7.41. The van der Waals surface area contributed by atoms with Crippen molar-refractivity contribution in [2.24, 2.45) is 16.8 Å². The molecule has 14 heteroatoms. The predicted octanol–water partition coefficient (Wildman–Crippen LogP) is 6.38. The van der Waals surface area contributed by atoms with E-state index in [1.165, 1.54) is 14.2 Å². The Labute approximate surface area is 326 Å². The minimum atomic E-state index is -0.695. The minimum absolute atomic E-state index is 0.0948. The number of carbonyl (C=O) groups excluding carboxylic acids is 4. The Morgan fingerprint density at radius 1 is 0.768 bits per heavy atom. The van der Waals surface area contributed by atoms with Crippen LogP contribution in [-0.2, 0) is 19.1 Å². The number of ether oxygens (including phenoxy) is 2. The van der Waals surface area contributed by atoms with Gasteiger partial charge in [0.05, 0.1) is 49.2 Å². The van der Waals surface area contributed by atoms with Crippen LogP contribution in [0.15, 0.2) is 59.9 Å². The molecule has 4 amide bonds. The molecule has 5 heterocycles. The zero-order chi connectivity index (χ0) is 39.7. The van der Waals surface area contributed by atoms with Gasteiger partial charge in [-0.1, -0.05) is 45.9 Å². The number of carbonyl (C=O) groups is 4. The van der Waals surface area contributed by atoms with Crippen LogP contribution in [0.5, 0.6) is 0 Å². The molecule has 3 N–H and O–H groups in total. The Bertz CT molecular complexity index is 2230. The van der Waals surface area contributed by atoms with Crippen LogP contribution >= 0.6 is 0 Å². The Morgan fingerprint density at radius 3 is 2.04 bits per heavy atom. The highest BCUT2D eigenvalue weighted by Crippen LogP contribution is 2.35. The van der Waals surface area contributed by atoms with E-state index in [9.17, 15) is 19.2 Å². The number of imidazole rings is 1. The number of allylic oxidation sites excluding steroid dienone is 1. The third kappa shape index (κ3) is 7.69. The van der Waals surface area contributed by atoms with Gasteiger partial charge in [0.15, 0.2) is 0 Å². The van der Waals surface area contributed by atoms with Crippen molar-refractivity contribution in [3.05, 3.63) is 66.2 Å². The van der Waals surface area contributed by atoms with Crippen LogP contribution in [0.25, 0.3) is 38.6 Å². The van der Waals surface area contributed by atoms with Crippen molar-refractivity contribution in [1.82, 2.24) is 35.4 Å². The fourth-order valence-electron chi connectivity index (χ4n) is 8.13. The molecule has 2 aromatic heterocycles. The first-order chi connectivity index (χ1) is 26.9. The molecule has 0 saturated carbocycles. The lowest BCUT2D eigenvalue weighted by atomic mass is 9.96. The van der Waals surface area contributed by atoms with Crippen molar-refractivity contribution < 1.29 is 28.7 Å². The summed E-state index contributed by atoms with van der Waals surface area (Å²) in [4.78, 5) is 72.9. The highest BCUT2D eigenvalue weighted by atomic mass is 16.5. The molecule has 0 bridgehead atoms. The van der Waals surface area contributed by atoms with Gasteiger partial charge in [-0.15, -0.1) is 0 Å². The number of nitrogens with one attached hydrogen (secondary N) is 3. The van der Waals surface area contributed by atoms with E-state index < -0.39 is 24.3 Å². The molecule has 4 atom stereocenters. The smallest absolute Gasteiger partial charge is 0.407 e. The SMILES string of the molecule is COC(=O)N[C@H](C(=O)N1CCC[C@H]1C1=NC=C(c2ccc3cc4cc(-c5cnc([C@@H]6CCCN6C(=O)[C@@H](NC(=O)OC)C(C)C)[nH]5)ccc4nc3c2)C1)C(C)C. The van der Waals surface area contributed by atoms with Gasteiger partial charge in [0.2, 0.25) is 11.8 Å². The number of amides is 4. The van der Waals surface area contributed by atoms with Gasteiger partial charge in [0.25, 0.3) is 0 Å². The molecule has 14 nitrogen and oxygen atoms in total. The first kappa shape index (κ1) is 38.5. The van der Waals surface area contributed by atoms with Crippen LogP contribution in [-0.4, -0.2) is 99.9 Å². The maximum absolute atomic E-state index is 13.6. The largest absolute Gasteiger partial charge is 0.453 e. The van der Waals surface area contributed by atoms with Gasteiger partial charge < -0.3 is 34.9 Å². The molecule has 3 aliphatic rings. The fourth-order valence-corrected chi connectivity index (χ4v) is 8.13. The summed E-state index contributed by atoms with van der Waals surface area (Å²) in [6.07, 6.45) is 6.42. The third-order valence-electron chi connectivity index (χ3n) is 11.2. The molecule has 2 fully saturated rings. The molecule has 56 heavy (non-hydrogen) atoms. The number of rotatable bonds is 10. The van der Waals surface area contributed by atoms with Crippen LogP contribution in [0.1, 0.15) is 77.2 Å². The lowest BCUT2D eigenvalue weighted by Gasteiger charge is -2.31. The lowest BCUT2D eigenvalue weighted by Crippen LogP contribution is -2.53. The van der Waals surface area contributed by atoms with Crippen molar-refractivity contribution in [1.29, 1.82) is 0 Å². The molecule has 4 aromatic rings. The number of fused-ring (bicyclic) bond motifs is 2. The number of likely N-dealkylation sites (tertiary alicyclic amines) is 2. The maximum atomic E-state index is 13.6. The van der Waals surface area contributed by atoms with Gasteiger partial charge in [0, 0.05) is 47.8 Å². The summed E-state index contributed by atoms with van der Waals surface area (Å²) in [5.41, 5.74) is 6.60. The number of hydrogen-bond donors (Lipinski definition) is 3. The number of aliphatic imine (C=N–C) groups is 1. The monoisotopic (exact) mass is 762 g/mol. The van der Waals surface area contributed by atoms with E-state index in [1.807, 2.05) is 55.8 Å². The Hall–Kier alpha value is -5.79.